The molecule has 2 heteroatoms. The Hall–Kier alpha value is -0.0800. The summed E-state index contributed by atoms with van der Waals surface area (Å²) in [6.07, 6.45) is 4.18. The van der Waals surface area contributed by atoms with Crippen LogP contribution in [-0.4, -0.2) is 23.9 Å². The number of hydrogen-bond donors (Lipinski definition) is 1. The molecule has 4 unspecified atom stereocenters. The van der Waals surface area contributed by atoms with E-state index in [0.717, 1.165) is 38.4 Å². The molecule has 0 aromatic heterocycles. The van der Waals surface area contributed by atoms with Crippen LogP contribution < -0.4 is 0 Å². The second kappa shape index (κ2) is 3.82. The summed E-state index contributed by atoms with van der Waals surface area (Å²) in [7, 11) is 0. The van der Waals surface area contributed by atoms with Gasteiger partial charge in [-0.05, 0) is 37.5 Å². The van der Waals surface area contributed by atoms with Gasteiger partial charge in [-0.25, -0.2) is 0 Å². The Morgan fingerprint density at radius 1 is 1.21 bits per heavy atom. The van der Waals surface area contributed by atoms with Crippen molar-refractivity contribution in [3.63, 3.8) is 0 Å². The molecule has 2 rings (SSSR count). The Morgan fingerprint density at radius 3 is 2.57 bits per heavy atom. The molecule has 1 heterocycles. The fourth-order valence-corrected chi connectivity index (χ4v) is 2.95. The van der Waals surface area contributed by atoms with Gasteiger partial charge in [0, 0.05) is 12.5 Å². The quantitative estimate of drug-likeness (QED) is 0.700. The number of ether oxygens (including phenoxy) is 1. The maximum Gasteiger partial charge on any atom is 0.0701 e. The summed E-state index contributed by atoms with van der Waals surface area (Å²) in [5, 5.41) is 10.6. The van der Waals surface area contributed by atoms with E-state index in [4.69, 9.17) is 4.74 Å². The van der Waals surface area contributed by atoms with E-state index >= 15 is 0 Å². The zero-order valence-electron chi connectivity index (χ0n) is 9.33. The highest BCUT2D eigenvalue weighted by Crippen LogP contribution is 2.42. The van der Waals surface area contributed by atoms with Gasteiger partial charge < -0.3 is 9.84 Å². The Balaban J connectivity index is 2.01. The molecule has 0 aromatic carbocycles. The van der Waals surface area contributed by atoms with Crippen molar-refractivity contribution in [3.8, 4) is 0 Å². The van der Waals surface area contributed by atoms with Crippen LogP contribution in [0.15, 0.2) is 0 Å². The molecule has 0 aromatic rings. The molecule has 1 saturated heterocycles. The lowest BCUT2D eigenvalue weighted by Gasteiger charge is -2.42. The van der Waals surface area contributed by atoms with Crippen LogP contribution in [0.1, 0.15) is 39.5 Å². The summed E-state index contributed by atoms with van der Waals surface area (Å²) < 4.78 is 5.38. The van der Waals surface area contributed by atoms with Crippen molar-refractivity contribution in [3.05, 3.63) is 0 Å². The molecule has 0 amide bonds. The third-order valence-electron chi connectivity index (χ3n) is 4.37. The monoisotopic (exact) mass is 198 g/mol. The van der Waals surface area contributed by atoms with E-state index in [1.165, 1.54) is 6.42 Å². The van der Waals surface area contributed by atoms with Crippen LogP contribution in [0.2, 0.25) is 0 Å². The zero-order chi connectivity index (χ0) is 10.2. The summed E-state index contributed by atoms with van der Waals surface area (Å²) in [5.41, 5.74) is -0.414. The van der Waals surface area contributed by atoms with Gasteiger partial charge in [0.15, 0.2) is 0 Å². The SMILES string of the molecule is CC1CCC(O)(C2CCOC2)CC1C. The largest absolute Gasteiger partial charge is 0.390 e. The smallest absolute Gasteiger partial charge is 0.0701 e. The number of aliphatic hydroxyl groups is 1. The standard InChI is InChI=1S/C12H22O2/c1-9-3-5-12(13,7-10(9)2)11-4-6-14-8-11/h9-11,13H,3-8H2,1-2H3. The summed E-state index contributed by atoms with van der Waals surface area (Å²) in [4.78, 5) is 0. The van der Waals surface area contributed by atoms with Crippen molar-refractivity contribution < 1.29 is 9.84 Å². The third kappa shape index (κ3) is 1.82. The molecule has 0 spiro atoms. The van der Waals surface area contributed by atoms with Gasteiger partial charge in [0.25, 0.3) is 0 Å². The first kappa shape index (κ1) is 10.4. The predicted octanol–water partition coefficient (Wildman–Crippen LogP) is 2.21. The molecule has 0 radical (unpaired) electrons. The molecule has 14 heavy (non-hydrogen) atoms. The highest BCUT2D eigenvalue weighted by Gasteiger charge is 2.43. The summed E-state index contributed by atoms with van der Waals surface area (Å²) in [6.45, 7) is 6.19. The van der Waals surface area contributed by atoms with E-state index in [2.05, 4.69) is 13.8 Å². The minimum Gasteiger partial charge on any atom is -0.390 e. The minimum atomic E-state index is -0.414. The van der Waals surface area contributed by atoms with Crippen molar-refractivity contribution in [1.29, 1.82) is 0 Å². The average Bonchev–Trinajstić information content (AvgIpc) is 2.65. The van der Waals surface area contributed by atoms with Crippen molar-refractivity contribution >= 4 is 0 Å². The molecular formula is C12H22O2. The van der Waals surface area contributed by atoms with E-state index in [0.29, 0.717) is 11.8 Å². The maximum atomic E-state index is 10.6. The lowest BCUT2D eigenvalue weighted by molar-refractivity contribution is -0.0755. The molecular weight excluding hydrogens is 176 g/mol. The predicted molar refractivity (Wildman–Crippen MR) is 56.1 cm³/mol. The van der Waals surface area contributed by atoms with Gasteiger partial charge >= 0.3 is 0 Å². The van der Waals surface area contributed by atoms with Crippen LogP contribution in [0, 0.1) is 17.8 Å². The Labute approximate surface area is 86.6 Å². The third-order valence-corrected chi connectivity index (χ3v) is 4.37. The molecule has 4 atom stereocenters. The van der Waals surface area contributed by atoms with E-state index in [9.17, 15) is 5.11 Å². The van der Waals surface area contributed by atoms with Gasteiger partial charge in [0.05, 0.1) is 12.2 Å². The number of hydrogen-bond acceptors (Lipinski definition) is 2. The van der Waals surface area contributed by atoms with Crippen molar-refractivity contribution in [2.24, 2.45) is 17.8 Å². The molecule has 2 nitrogen and oxygen atoms in total. The maximum absolute atomic E-state index is 10.6. The van der Waals surface area contributed by atoms with E-state index in [1.807, 2.05) is 0 Å². The minimum absolute atomic E-state index is 0.400. The first-order valence-corrected chi connectivity index (χ1v) is 5.92. The fraction of sp³-hybridized carbons (Fsp3) is 1.00. The second-order valence-corrected chi connectivity index (χ2v) is 5.36. The highest BCUT2D eigenvalue weighted by molar-refractivity contribution is 4.94. The summed E-state index contributed by atoms with van der Waals surface area (Å²) in [6, 6.07) is 0. The van der Waals surface area contributed by atoms with Gasteiger partial charge in [-0.1, -0.05) is 13.8 Å². The first-order chi connectivity index (χ1) is 6.62. The zero-order valence-corrected chi connectivity index (χ0v) is 9.33. The molecule has 1 aliphatic heterocycles. The Kier molecular flexibility index (Phi) is 2.85. The normalized spacial score (nSPS) is 49.5. The van der Waals surface area contributed by atoms with E-state index in [1.54, 1.807) is 0 Å². The first-order valence-electron chi connectivity index (χ1n) is 5.92. The van der Waals surface area contributed by atoms with Crippen molar-refractivity contribution in [2.75, 3.05) is 13.2 Å². The molecule has 1 N–H and O–H groups in total. The molecule has 82 valence electrons. The van der Waals surface area contributed by atoms with Crippen LogP contribution in [0.4, 0.5) is 0 Å². The van der Waals surface area contributed by atoms with Crippen LogP contribution in [0.25, 0.3) is 0 Å². The van der Waals surface area contributed by atoms with E-state index < -0.39 is 5.60 Å². The summed E-state index contributed by atoms with van der Waals surface area (Å²) in [5.74, 6) is 1.84. The highest BCUT2D eigenvalue weighted by atomic mass is 16.5. The lowest BCUT2D eigenvalue weighted by Crippen LogP contribution is -2.44. The van der Waals surface area contributed by atoms with Gasteiger partial charge in [0.1, 0.15) is 0 Å². The van der Waals surface area contributed by atoms with Crippen LogP contribution >= 0.6 is 0 Å². The Bertz CT molecular complexity index is 198. The second-order valence-electron chi connectivity index (χ2n) is 5.36. The average molecular weight is 198 g/mol. The number of rotatable bonds is 1. The van der Waals surface area contributed by atoms with Gasteiger partial charge in [-0.15, -0.1) is 0 Å². The topological polar surface area (TPSA) is 29.5 Å². The van der Waals surface area contributed by atoms with Crippen LogP contribution in [-0.2, 0) is 4.74 Å². The molecule has 1 saturated carbocycles. The fourth-order valence-electron chi connectivity index (χ4n) is 2.95. The molecule has 2 aliphatic rings. The molecule has 0 bridgehead atoms. The van der Waals surface area contributed by atoms with Gasteiger partial charge in [0.2, 0.25) is 0 Å². The molecule has 1 aliphatic carbocycles. The van der Waals surface area contributed by atoms with Gasteiger partial charge in [-0.2, -0.15) is 0 Å². The van der Waals surface area contributed by atoms with Crippen LogP contribution in [0.5, 0.6) is 0 Å². The Morgan fingerprint density at radius 2 is 2.00 bits per heavy atom. The van der Waals surface area contributed by atoms with Crippen molar-refractivity contribution in [2.45, 2.75) is 45.1 Å². The van der Waals surface area contributed by atoms with E-state index in [-0.39, 0.29) is 0 Å². The van der Waals surface area contributed by atoms with Crippen molar-refractivity contribution in [1.82, 2.24) is 0 Å². The van der Waals surface area contributed by atoms with Crippen LogP contribution in [0.3, 0.4) is 0 Å². The summed E-state index contributed by atoms with van der Waals surface area (Å²) >= 11 is 0. The molecule has 2 fully saturated rings. The lowest BCUT2D eigenvalue weighted by atomic mass is 9.68. The van der Waals surface area contributed by atoms with Gasteiger partial charge in [-0.3, -0.25) is 0 Å².